The highest BCUT2D eigenvalue weighted by atomic mass is 19.1. The van der Waals surface area contributed by atoms with Gasteiger partial charge in [-0.2, -0.15) is 10.2 Å². The van der Waals surface area contributed by atoms with Crippen molar-refractivity contribution in [2.75, 3.05) is 62.7 Å². The maximum Gasteiger partial charge on any atom is 0.245 e. The minimum absolute atomic E-state index is 0.126. The Morgan fingerprint density at radius 2 is 1.92 bits per heavy atom. The van der Waals surface area contributed by atoms with E-state index in [1.54, 1.807) is 18.2 Å². The van der Waals surface area contributed by atoms with Crippen LogP contribution in [0.4, 0.5) is 26.1 Å². The predicted molar refractivity (Wildman–Crippen MR) is 170 cm³/mol. The molecule has 2 aromatic carbocycles. The van der Waals surface area contributed by atoms with Gasteiger partial charge in [0.05, 0.1) is 37.1 Å². The summed E-state index contributed by atoms with van der Waals surface area (Å²) in [7, 11) is 0. The average molecular weight is 660 g/mol. The second kappa shape index (κ2) is 13.7. The molecule has 15 heteroatoms. The Labute approximate surface area is 275 Å². The number of ether oxygens (including phenoxy) is 2. The van der Waals surface area contributed by atoms with Crippen molar-refractivity contribution in [2.24, 2.45) is 0 Å². The fourth-order valence-electron chi connectivity index (χ4n) is 6.46. The number of nitrogens with one attached hydrogen (secondary N) is 2. The Kier molecular flexibility index (Phi) is 9.00. The number of aromatic nitrogens is 3. The summed E-state index contributed by atoms with van der Waals surface area (Å²) >= 11 is 0. The molecule has 13 nitrogen and oxygen atoms in total. The SMILES string of the molecule is N#Cc1cc(-c2ncnc(Nc3ccc(N4CCN(C5COC5)CC4)cc3F)n2)ccc1O[C@H]1CCN(C(=O)[C@@H]2CCC(=O)N2)C[C@@H]1F. The van der Waals surface area contributed by atoms with Gasteiger partial charge in [0.1, 0.15) is 36.1 Å². The van der Waals surface area contributed by atoms with Crippen LogP contribution in [0.1, 0.15) is 24.8 Å². The summed E-state index contributed by atoms with van der Waals surface area (Å²) in [6, 6.07) is 11.7. The number of hydrogen-bond acceptors (Lipinski definition) is 11. The van der Waals surface area contributed by atoms with Gasteiger partial charge in [-0.15, -0.1) is 0 Å². The Morgan fingerprint density at radius 3 is 2.60 bits per heavy atom. The predicted octanol–water partition coefficient (Wildman–Crippen LogP) is 2.41. The van der Waals surface area contributed by atoms with Crippen LogP contribution in [0.15, 0.2) is 42.7 Å². The lowest BCUT2D eigenvalue weighted by Gasteiger charge is -2.43. The van der Waals surface area contributed by atoms with E-state index < -0.39 is 24.1 Å². The molecule has 4 aliphatic heterocycles. The van der Waals surface area contributed by atoms with Gasteiger partial charge in [-0.25, -0.2) is 18.7 Å². The lowest BCUT2D eigenvalue weighted by molar-refractivity contribution is -0.138. The number of anilines is 3. The number of alkyl halides is 1. The van der Waals surface area contributed by atoms with E-state index in [0.717, 1.165) is 45.1 Å². The number of carbonyl (C=O) groups excluding carboxylic acids is 2. The monoisotopic (exact) mass is 659 g/mol. The summed E-state index contributed by atoms with van der Waals surface area (Å²) < 4.78 is 41.6. The fraction of sp³-hybridized carbons (Fsp3) is 0.455. The molecular formula is C33H35F2N9O4. The second-order valence-corrected chi connectivity index (χ2v) is 12.4. The summed E-state index contributed by atoms with van der Waals surface area (Å²) in [5, 5.41) is 15.4. The molecular weight excluding hydrogens is 624 g/mol. The number of likely N-dealkylation sites (tertiary alicyclic amines) is 1. The number of carbonyl (C=O) groups is 2. The van der Waals surface area contributed by atoms with Gasteiger partial charge in [-0.3, -0.25) is 14.5 Å². The van der Waals surface area contributed by atoms with E-state index >= 15 is 8.78 Å². The van der Waals surface area contributed by atoms with Crippen molar-refractivity contribution in [1.29, 1.82) is 5.26 Å². The summed E-state index contributed by atoms with van der Waals surface area (Å²) in [4.78, 5) is 43.0. The van der Waals surface area contributed by atoms with Crippen LogP contribution < -0.4 is 20.3 Å². The highest BCUT2D eigenvalue weighted by molar-refractivity contribution is 5.90. The largest absolute Gasteiger partial charge is 0.486 e. The number of nitriles is 1. The first-order chi connectivity index (χ1) is 23.3. The van der Waals surface area contributed by atoms with Gasteiger partial charge in [-0.1, -0.05) is 0 Å². The molecule has 1 aromatic heterocycles. The number of nitrogens with zero attached hydrogens (tertiary/aromatic N) is 7. The first kappa shape index (κ1) is 31.6. The molecule has 0 saturated carbocycles. The minimum Gasteiger partial charge on any atom is -0.486 e. The van der Waals surface area contributed by atoms with E-state index in [2.05, 4.69) is 41.5 Å². The molecule has 0 bridgehead atoms. The summed E-state index contributed by atoms with van der Waals surface area (Å²) in [5.41, 5.74) is 1.67. The Balaban J connectivity index is 0.974. The first-order valence-electron chi connectivity index (χ1n) is 16.1. The number of amides is 2. The summed E-state index contributed by atoms with van der Waals surface area (Å²) in [5.74, 6) is -0.342. The zero-order valence-corrected chi connectivity index (χ0v) is 26.1. The van der Waals surface area contributed by atoms with Crippen LogP contribution in [-0.2, 0) is 14.3 Å². The van der Waals surface area contributed by atoms with Gasteiger partial charge >= 0.3 is 0 Å². The van der Waals surface area contributed by atoms with E-state index in [0.29, 0.717) is 18.0 Å². The highest BCUT2D eigenvalue weighted by Crippen LogP contribution is 2.30. The molecule has 2 amide bonds. The van der Waals surface area contributed by atoms with Crippen LogP contribution in [-0.4, -0.2) is 113 Å². The van der Waals surface area contributed by atoms with Gasteiger partial charge in [-0.05, 0) is 42.8 Å². The molecule has 4 saturated heterocycles. The Morgan fingerprint density at radius 1 is 1.08 bits per heavy atom. The lowest BCUT2D eigenvalue weighted by Crippen LogP contribution is -2.56. The van der Waals surface area contributed by atoms with Crippen molar-refractivity contribution in [2.45, 2.75) is 43.6 Å². The van der Waals surface area contributed by atoms with Gasteiger partial charge in [0.2, 0.25) is 17.8 Å². The molecule has 48 heavy (non-hydrogen) atoms. The third-order valence-electron chi connectivity index (χ3n) is 9.31. The zero-order valence-electron chi connectivity index (χ0n) is 26.1. The van der Waals surface area contributed by atoms with Crippen molar-refractivity contribution in [3.05, 3.63) is 54.1 Å². The van der Waals surface area contributed by atoms with E-state index in [1.807, 2.05) is 6.07 Å². The van der Waals surface area contributed by atoms with Gasteiger partial charge < -0.3 is 29.9 Å². The van der Waals surface area contributed by atoms with Crippen molar-refractivity contribution >= 4 is 29.1 Å². The number of rotatable bonds is 8. The quantitative estimate of drug-likeness (QED) is 0.367. The van der Waals surface area contributed by atoms with Crippen LogP contribution in [0.2, 0.25) is 0 Å². The third kappa shape index (κ3) is 6.71. The number of halogens is 2. The number of hydrogen-bond donors (Lipinski definition) is 2. The van der Waals surface area contributed by atoms with E-state index in [-0.39, 0.29) is 66.5 Å². The molecule has 0 radical (unpaired) electrons. The van der Waals surface area contributed by atoms with E-state index in [9.17, 15) is 14.9 Å². The van der Waals surface area contributed by atoms with Crippen molar-refractivity contribution in [3.63, 3.8) is 0 Å². The standard InChI is InChI=1S/C33H35F2N9O4/c34-24-14-22(42-9-11-43(12-10-42)23-17-47-18-23)2-3-26(24)40-33-38-19-37-31(41-33)20-1-5-28(21(13-20)15-36)48-29-7-8-44(16-25(29)35)32(46)27-4-6-30(45)39-27/h1-3,5,13-14,19,23,25,27,29H,4,6-12,16-18H2,(H,39,45)(H,37,38,40,41)/t25-,27-,29-/m0/s1. The van der Waals surface area contributed by atoms with Crippen LogP contribution in [0.3, 0.4) is 0 Å². The maximum atomic E-state index is 15.2. The lowest BCUT2D eigenvalue weighted by atomic mass is 10.0. The molecule has 0 unspecified atom stereocenters. The molecule has 4 aliphatic rings. The average Bonchev–Trinajstić information content (AvgIpc) is 3.52. The van der Waals surface area contributed by atoms with Gasteiger partial charge in [0.25, 0.3) is 0 Å². The molecule has 0 spiro atoms. The Hall–Kier alpha value is -4.94. The van der Waals surface area contributed by atoms with E-state index in [1.165, 1.54) is 23.4 Å². The molecule has 250 valence electrons. The first-order valence-corrected chi connectivity index (χ1v) is 16.1. The van der Waals surface area contributed by atoms with Crippen molar-refractivity contribution in [1.82, 2.24) is 30.1 Å². The summed E-state index contributed by atoms with van der Waals surface area (Å²) in [6.45, 7) is 5.11. The maximum absolute atomic E-state index is 15.2. The fourth-order valence-corrected chi connectivity index (χ4v) is 6.46. The Bertz CT molecular complexity index is 1730. The van der Waals surface area contributed by atoms with Crippen molar-refractivity contribution in [3.8, 4) is 23.2 Å². The van der Waals surface area contributed by atoms with Gasteiger partial charge in [0, 0.05) is 56.8 Å². The van der Waals surface area contributed by atoms with E-state index in [4.69, 9.17) is 9.47 Å². The van der Waals surface area contributed by atoms with Crippen LogP contribution >= 0.6 is 0 Å². The third-order valence-corrected chi connectivity index (χ3v) is 9.31. The van der Waals surface area contributed by atoms with Crippen LogP contribution in [0.5, 0.6) is 5.75 Å². The molecule has 4 fully saturated rings. The minimum atomic E-state index is -1.48. The number of benzene rings is 2. The molecule has 7 rings (SSSR count). The van der Waals surface area contributed by atoms with Crippen LogP contribution in [0.25, 0.3) is 11.4 Å². The molecule has 2 N–H and O–H groups in total. The molecule has 3 aromatic rings. The smallest absolute Gasteiger partial charge is 0.245 e. The highest BCUT2D eigenvalue weighted by Gasteiger charge is 2.38. The zero-order chi connectivity index (χ0) is 33.2. The van der Waals surface area contributed by atoms with Crippen molar-refractivity contribution < 1.29 is 27.8 Å². The molecule has 0 aliphatic carbocycles. The number of piperazine rings is 1. The molecule has 3 atom stereocenters. The van der Waals surface area contributed by atoms with Crippen LogP contribution in [0, 0.1) is 17.1 Å². The topological polar surface area (TPSA) is 149 Å². The number of piperidine rings is 1. The van der Waals surface area contributed by atoms with Gasteiger partial charge in [0.15, 0.2) is 12.0 Å². The molecule has 5 heterocycles. The summed E-state index contributed by atoms with van der Waals surface area (Å²) in [6.07, 6.45) is -0.123. The normalized spacial score (nSPS) is 23.3. The second-order valence-electron chi connectivity index (χ2n) is 12.4.